The second-order valence-corrected chi connectivity index (χ2v) is 6.02. The van der Waals surface area contributed by atoms with Crippen molar-refractivity contribution in [3.05, 3.63) is 0 Å². The zero-order chi connectivity index (χ0) is 13.8. The molecule has 0 amide bonds. The Labute approximate surface area is 111 Å². The fraction of sp³-hybridized carbons (Fsp3) is 0.929. The van der Waals surface area contributed by atoms with Gasteiger partial charge in [0.05, 0.1) is 0 Å². The van der Waals surface area contributed by atoms with Gasteiger partial charge in [-0.2, -0.15) is 0 Å². The van der Waals surface area contributed by atoms with Gasteiger partial charge in [0.2, 0.25) is 0 Å². The lowest BCUT2D eigenvalue weighted by molar-refractivity contribution is -0.144. The second-order valence-electron chi connectivity index (χ2n) is 6.02. The molecule has 0 aromatic carbocycles. The van der Waals surface area contributed by atoms with Crippen LogP contribution < -0.4 is 5.32 Å². The average molecular weight is 256 g/mol. The van der Waals surface area contributed by atoms with Gasteiger partial charge >= 0.3 is 5.97 Å². The van der Waals surface area contributed by atoms with Crippen LogP contribution in [0.5, 0.6) is 0 Å². The molecule has 1 atom stereocenters. The number of carbonyl (C=O) groups is 1. The summed E-state index contributed by atoms with van der Waals surface area (Å²) in [5.74, 6) is 0.130. The van der Waals surface area contributed by atoms with E-state index in [1.54, 1.807) is 14.0 Å². The third kappa shape index (κ3) is 4.58. The third-order valence-electron chi connectivity index (χ3n) is 4.07. The summed E-state index contributed by atoms with van der Waals surface area (Å²) in [5.41, 5.74) is -0.789. The lowest BCUT2D eigenvalue weighted by Crippen LogP contribution is -2.48. The van der Waals surface area contributed by atoms with Crippen molar-refractivity contribution in [3.8, 4) is 0 Å². The van der Waals surface area contributed by atoms with Gasteiger partial charge in [0.15, 0.2) is 0 Å². The molecule has 106 valence electrons. The average Bonchev–Trinajstić information content (AvgIpc) is 3.10. The van der Waals surface area contributed by atoms with Crippen molar-refractivity contribution < 1.29 is 9.90 Å². The quantitative estimate of drug-likeness (QED) is 0.662. The second kappa shape index (κ2) is 6.53. The van der Waals surface area contributed by atoms with E-state index in [0.717, 1.165) is 18.9 Å². The Balaban J connectivity index is 2.34. The van der Waals surface area contributed by atoms with E-state index >= 15 is 0 Å². The summed E-state index contributed by atoms with van der Waals surface area (Å²) in [6.07, 6.45) is 4.33. The molecule has 0 spiro atoms. The number of nitrogens with one attached hydrogen (secondary N) is 1. The molecule has 0 saturated heterocycles. The molecule has 0 aromatic heterocycles. The number of rotatable bonds is 9. The van der Waals surface area contributed by atoms with Crippen LogP contribution in [0.3, 0.4) is 0 Å². The lowest BCUT2D eigenvalue weighted by atomic mass is 9.96. The van der Waals surface area contributed by atoms with Gasteiger partial charge in [-0.15, -0.1) is 0 Å². The highest BCUT2D eigenvalue weighted by atomic mass is 16.4. The minimum atomic E-state index is -0.789. The van der Waals surface area contributed by atoms with Crippen molar-refractivity contribution in [3.63, 3.8) is 0 Å². The third-order valence-corrected chi connectivity index (χ3v) is 4.07. The number of likely N-dealkylation sites (N-methyl/N-ethyl adjacent to an activating group) is 1. The summed E-state index contributed by atoms with van der Waals surface area (Å²) in [7, 11) is 1.72. The Kier molecular flexibility index (Phi) is 5.60. The predicted molar refractivity (Wildman–Crippen MR) is 73.8 cm³/mol. The van der Waals surface area contributed by atoms with E-state index in [0.29, 0.717) is 12.5 Å². The molecule has 0 aliphatic heterocycles. The first-order valence-electron chi connectivity index (χ1n) is 7.05. The maximum atomic E-state index is 11.2. The van der Waals surface area contributed by atoms with Gasteiger partial charge in [0.25, 0.3) is 0 Å². The van der Waals surface area contributed by atoms with Crippen molar-refractivity contribution in [2.75, 3.05) is 20.1 Å². The smallest absolute Gasteiger partial charge is 0.323 e. The Morgan fingerprint density at radius 3 is 2.50 bits per heavy atom. The number of nitrogens with zero attached hydrogens (tertiary/aromatic N) is 1. The van der Waals surface area contributed by atoms with E-state index in [1.807, 2.05) is 0 Å². The number of aliphatic carboxylic acids is 1. The standard InChI is InChI=1S/C14H28N2O2/c1-11(2)16(10-12-6-7-12)9-5-8-14(3,15-4)13(17)18/h11-12,15H,5-10H2,1-4H3,(H,17,18). The number of carboxylic acids is 1. The summed E-state index contributed by atoms with van der Waals surface area (Å²) in [6, 6.07) is 0.552. The van der Waals surface area contributed by atoms with Gasteiger partial charge in [0.1, 0.15) is 5.54 Å². The first kappa shape index (κ1) is 15.4. The summed E-state index contributed by atoms with van der Waals surface area (Å²) >= 11 is 0. The molecular formula is C14H28N2O2. The first-order valence-corrected chi connectivity index (χ1v) is 7.05. The van der Waals surface area contributed by atoms with Gasteiger partial charge in [-0.3, -0.25) is 4.79 Å². The van der Waals surface area contributed by atoms with Gasteiger partial charge < -0.3 is 15.3 Å². The van der Waals surface area contributed by atoms with Crippen molar-refractivity contribution in [1.82, 2.24) is 10.2 Å². The monoisotopic (exact) mass is 256 g/mol. The molecule has 1 saturated carbocycles. The van der Waals surface area contributed by atoms with Crippen molar-refractivity contribution in [1.29, 1.82) is 0 Å². The van der Waals surface area contributed by atoms with Crippen LogP contribution in [0.15, 0.2) is 0 Å². The Bertz CT molecular complexity index is 277. The first-order chi connectivity index (χ1) is 8.39. The normalized spacial score (nSPS) is 19.2. The van der Waals surface area contributed by atoms with Crippen LogP contribution in [-0.4, -0.2) is 47.7 Å². The predicted octanol–water partition coefficient (Wildman–Crippen LogP) is 1.95. The van der Waals surface area contributed by atoms with Crippen LogP contribution in [0.4, 0.5) is 0 Å². The van der Waals surface area contributed by atoms with Crippen LogP contribution in [0.2, 0.25) is 0 Å². The van der Waals surface area contributed by atoms with Crippen LogP contribution in [0, 0.1) is 5.92 Å². The van der Waals surface area contributed by atoms with Crippen LogP contribution in [0.1, 0.15) is 46.5 Å². The van der Waals surface area contributed by atoms with E-state index in [2.05, 4.69) is 24.1 Å². The topological polar surface area (TPSA) is 52.6 Å². The maximum Gasteiger partial charge on any atom is 0.323 e. The number of carboxylic acid groups (broad SMARTS) is 1. The van der Waals surface area contributed by atoms with E-state index in [4.69, 9.17) is 0 Å². The summed E-state index contributed by atoms with van der Waals surface area (Å²) < 4.78 is 0. The lowest BCUT2D eigenvalue weighted by Gasteiger charge is -2.29. The molecule has 1 fully saturated rings. The molecule has 0 radical (unpaired) electrons. The number of hydrogen-bond donors (Lipinski definition) is 2. The van der Waals surface area contributed by atoms with E-state index in [1.165, 1.54) is 19.4 Å². The molecule has 0 aromatic rings. The molecule has 0 heterocycles. The Morgan fingerprint density at radius 1 is 1.50 bits per heavy atom. The molecule has 1 aliphatic rings. The van der Waals surface area contributed by atoms with Crippen molar-refractivity contribution in [2.24, 2.45) is 5.92 Å². The fourth-order valence-corrected chi connectivity index (χ4v) is 2.17. The molecule has 1 aliphatic carbocycles. The van der Waals surface area contributed by atoms with Gasteiger partial charge in [0, 0.05) is 12.6 Å². The highest BCUT2D eigenvalue weighted by Gasteiger charge is 2.31. The number of hydrogen-bond acceptors (Lipinski definition) is 3. The molecular weight excluding hydrogens is 228 g/mol. The molecule has 0 bridgehead atoms. The molecule has 1 rings (SSSR count). The zero-order valence-corrected chi connectivity index (χ0v) is 12.2. The zero-order valence-electron chi connectivity index (χ0n) is 12.2. The molecule has 2 N–H and O–H groups in total. The van der Waals surface area contributed by atoms with Gasteiger partial charge in [-0.05, 0) is 66.0 Å². The minimum Gasteiger partial charge on any atom is -0.480 e. The van der Waals surface area contributed by atoms with Crippen LogP contribution in [0.25, 0.3) is 0 Å². The molecule has 1 unspecified atom stereocenters. The van der Waals surface area contributed by atoms with E-state index in [-0.39, 0.29) is 0 Å². The Morgan fingerprint density at radius 2 is 2.11 bits per heavy atom. The summed E-state index contributed by atoms with van der Waals surface area (Å²) in [6.45, 7) is 8.38. The van der Waals surface area contributed by atoms with Crippen molar-refractivity contribution in [2.45, 2.75) is 58.0 Å². The fourth-order valence-electron chi connectivity index (χ4n) is 2.17. The molecule has 18 heavy (non-hydrogen) atoms. The van der Waals surface area contributed by atoms with Crippen molar-refractivity contribution >= 4 is 5.97 Å². The summed E-state index contributed by atoms with van der Waals surface area (Å²) in [4.78, 5) is 13.7. The maximum absolute atomic E-state index is 11.2. The Hall–Kier alpha value is -0.610. The van der Waals surface area contributed by atoms with Crippen LogP contribution in [-0.2, 0) is 4.79 Å². The highest BCUT2D eigenvalue weighted by molar-refractivity contribution is 5.78. The molecule has 4 nitrogen and oxygen atoms in total. The molecule has 4 heteroatoms. The SMILES string of the molecule is CNC(C)(CCCN(CC1CC1)C(C)C)C(=O)O. The minimum absolute atomic E-state index is 0.552. The van der Waals surface area contributed by atoms with Crippen LogP contribution >= 0.6 is 0 Å². The van der Waals surface area contributed by atoms with Gasteiger partial charge in [-0.25, -0.2) is 0 Å². The van der Waals surface area contributed by atoms with Gasteiger partial charge in [-0.1, -0.05) is 0 Å². The van der Waals surface area contributed by atoms with E-state index < -0.39 is 11.5 Å². The largest absolute Gasteiger partial charge is 0.480 e. The highest BCUT2D eigenvalue weighted by Crippen LogP contribution is 2.30. The summed E-state index contributed by atoms with van der Waals surface area (Å²) in [5, 5.41) is 12.1. The van der Waals surface area contributed by atoms with E-state index in [9.17, 15) is 9.90 Å².